The molecule has 2 fully saturated rings. The third-order valence-electron chi connectivity index (χ3n) is 6.38. The van der Waals surface area contributed by atoms with Gasteiger partial charge in [-0.25, -0.2) is 19.0 Å². The van der Waals surface area contributed by atoms with Crippen LogP contribution in [0.3, 0.4) is 0 Å². The maximum Gasteiger partial charge on any atom is 0.425 e. The minimum absolute atomic E-state index is 0.0932. The molecule has 14 nitrogen and oxygen atoms in total. The molecule has 0 amide bonds. The highest BCUT2D eigenvalue weighted by molar-refractivity contribution is 6.31. The Balaban J connectivity index is 1.07. The summed E-state index contributed by atoms with van der Waals surface area (Å²) in [7, 11) is 0. The first-order valence-corrected chi connectivity index (χ1v) is 13.4. The number of aromatic nitrogens is 6. The minimum atomic E-state index is -1.37. The van der Waals surface area contributed by atoms with Crippen molar-refractivity contribution in [3.05, 3.63) is 82.4 Å². The van der Waals surface area contributed by atoms with Gasteiger partial charge in [0.2, 0.25) is 11.6 Å². The van der Waals surface area contributed by atoms with Crippen molar-refractivity contribution in [2.75, 3.05) is 26.4 Å². The van der Waals surface area contributed by atoms with Crippen LogP contribution in [0.1, 0.15) is 11.1 Å². The van der Waals surface area contributed by atoms with Crippen LogP contribution in [0.4, 0.5) is 0 Å². The largest absolute Gasteiger partial charge is 0.425 e. The summed E-state index contributed by atoms with van der Waals surface area (Å²) in [6, 6.07) is 13.2. The smallest absolute Gasteiger partial charge is 0.381 e. The van der Waals surface area contributed by atoms with Crippen molar-refractivity contribution in [2.24, 2.45) is 0 Å². The number of nitrogens with zero attached hydrogens (tertiary/aromatic N) is 6. The van der Waals surface area contributed by atoms with E-state index in [9.17, 15) is 9.59 Å². The molecule has 0 bridgehead atoms. The first-order valence-electron chi connectivity index (χ1n) is 12.6. The molecule has 0 radical (unpaired) electrons. The van der Waals surface area contributed by atoms with Gasteiger partial charge < -0.3 is 28.4 Å². The first kappa shape index (κ1) is 28.2. The van der Waals surface area contributed by atoms with E-state index < -0.39 is 23.5 Å². The van der Waals surface area contributed by atoms with Crippen molar-refractivity contribution >= 4 is 35.1 Å². The van der Waals surface area contributed by atoms with Crippen molar-refractivity contribution < 1.29 is 38.0 Å². The molecule has 2 aliphatic rings. The molecule has 0 N–H and O–H groups in total. The molecule has 6 rings (SSSR count). The van der Waals surface area contributed by atoms with E-state index in [0.29, 0.717) is 36.5 Å². The Hall–Kier alpha value is -3.92. The molecule has 16 heteroatoms. The summed E-state index contributed by atoms with van der Waals surface area (Å²) in [6.07, 6.45) is 2.62. The van der Waals surface area contributed by atoms with Gasteiger partial charge in [0.05, 0.1) is 26.4 Å². The summed E-state index contributed by atoms with van der Waals surface area (Å²) in [5, 5.41) is 9.31. The van der Waals surface area contributed by atoms with Gasteiger partial charge >= 0.3 is 24.0 Å². The lowest BCUT2D eigenvalue weighted by molar-refractivity contribution is -0.178. The van der Waals surface area contributed by atoms with Crippen LogP contribution in [-0.4, -0.2) is 67.9 Å². The number of esters is 2. The number of hydrogen-bond acceptors (Lipinski definition) is 12. The fourth-order valence-corrected chi connectivity index (χ4v) is 4.74. The molecule has 218 valence electrons. The van der Waals surface area contributed by atoms with Gasteiger partial charge in [-0.2, -0.15) is 9.97 Å². The van der Waals surface area contributed by atoms with Gasteiger partial charge in [-0.05, 0) is 24.3 Å². The van der Waals surface area contributed by atoms with Gasteiger partial charge in [0.15, 0.2) is 0 Å². The Labute approximate surface area is 248 Å². The molecule has 0 saturated carbocycles. The van der Waals surface area contributed by atoms with E-state index in [1.165, 1.54) is 22.0 Å². The average Bonchev–Trinajstić information content (AvgIpc) is 3.80. The van der Waals surface area contributed by atoms with Crippen molar-refractivity contribution in [2.45, 2.75) is 24.7 Å². The molecule has 0 aliphatic carbocycles. The summed E-state index contributed by atoms with van der Waals surface area (Å²) >= 11 is 12.0. The highest BCUT2D eigenvalue weighted by Crippen LogP contribution is 2.35. The maximum absolute atomic E-state index is 12.4. The highest BCUT2D eigenvalue weighted by Gasteiger charge is 2.41. The van der Waals surface area contributed by atoms with E-state index in [1.807, 2.05) is 0 Å². The number of ether oxygens (including phenoxy) is 6. The summed E-state index contributed by atoms with van der Waals surface area (Å²) < 4.78 is 36.2. The van der Waals surface area contributed by atoms with E-state index in [-0.39, 0.29) is 25.1 Å². The van der Waals surface area contributed by atoms with Crippen LogP contribution in [0.25, 0.3) is 0 Å². The summed E-state index contributed by atoms with van der Waals surface area (Å²) in [5.74, 6) is -5.01. The molecule has 0 spiro atoms. The van der Waals surface area contributed by atoms with Crippen LogP contribution >= 0.6 is 23.2 Å². The third kappa shape index (κ3) is 5.99. The fraction of sp³-hybridized carbons (Fsp3) is 0.308. The van der Waals surface area contributed by atoms with Crippen LogP contribution in [-0.2, 0) is 53.2 Å². The number of carbonyl (C=O) groups is 2. The Bertz CT molecular complexity index is 1450. The summed E-state index contributed by atoms with van der Waals surface area (Å²) in [6.45, 7) is 1.67. The van der Waals surface area contributed by atoms with E-state index in [2.05, 4.69) is 20.2 Å². The first-order chi connectivity index (χ1) is 20.3. The lowest BCUT2D eigenvalue weighted by Crippen LogP contribution is -2.33. The van der Waals surface area contributed by atoms with Crippen molar-refractivity contribution in [3.63, 3.8) is 0 Å². The molecule has 4 aromatic rings. The summed E-state index contributed by atoms with van der Waals surface area (Å²) in [4.78, 5) is 32.6. The Morgan fingerprint density at radius 2 is 1.02 bits per heavy atom. The van der Waals surface area contributed by atoms with Gasteiger partial charge in [0.1, 0.15) is 25.7 Å². The molecular formula is C26H22Cl2N6O8. The quantitative estimate of drug-likeness (QED) is 0.211. The second-order valence-electron chi connectivity index (χ2n) is 9.14. The molecule has 42 heavy (non-hydrogen) atoms. The van der Waals surface area contributed by atoms with Crippen LogP contribution in [0.5, 0.6) is 12.0 Å². The van der Waals surface area contributed by atoms with Crippen molar-refractivity contribution in [1.29, 1.82) is 0 Å². The molecule has 0 unspecified atom stereocenters. The van der Waals surface area contributed by atoms with E-state index >= 15 is 0 Å². The van der Waals surface area contributed by atoms with E-state index in [1.54, 1.807) is 48.5 Å². The molecule has 2 saturated heterocycles. The van der Waals surface area contributed by atoms with Gasteiger partial charge in [-0.15, -0.1) is 10.2 Å². The minimum Gasteiger partial charge on any atom is -0.381 e. The fourth-order valence-electron chi connectivity index (χ4n) is 4.49. The predicted octanol–water partition coefficient (Wildman–Crippen LogP) is 2.49. The Morgan fingerprint density at radius 1 is 0.667 bits per heavy atom. The molecule has 2 aromatic heterocycles. The van der Waals surface area contributed by atoms with Gasteiger partial charge in [0.25, 0.3) is 0 Å². The average molecular weight is 617 g/mol. The normalized spacial score (nSPS) is 17.3. The zero-order valence-electron chi connectivity index (χ0n) is 21.7. The topological polar surface area (TPSA) is 151 Å². The molecule has 0 atom stereocenters. The lowest BCUT2D eigenvalue weighted by Gasteiger charge is -2.27. The van der Waals surface area contributed by atoms with Crippen LogP contribution in [0.15, 0.2) is 61.2 Å². The van der Waals surface area contributed by atoms with Gasteiger partial charge in [0, 0.05) is 21.2 Å². The third-order valence-corrected chi connectivity index (χ3v) is 6.89. The molecular weight excluding hydrogens is 595 g/mol. The van der Waals surface area contributed by atoms with E-state index in [4.69, 9.17) is 51.6 Å². The van der Waals surface area contributed by atoms with Crippen LogP contribution < -0.4 is 9.47 Å². The molecule has 2 aromatic carbocycles. The maximum atomic E-state index is 12.4. The number of hydrogen-bond donors (Lipinski definition) is 0. The number of carbonyl (C=O) groups excluding carboxylic acids is 2. The van der Waals surface area contributed by atoms with Crippen LogP contribution in [0.2, 0.25) is 10.0 Å². The van der Waals surface area contributed by atoms with Crippen molar-refractivity contribution in [1.82, 2.24) is 29.5 Å². The number of benzene rings is 2. The second-order valence-corrected chi connectivity index (χ2v) is 10.0. The molecule has 2 aliphatic heterocycles. The Kier molecular flexibility index (Phi) is 7.90. The van der Waals surface area contributed by atoms with Crippen molar-refractivity contribution in [3.8, 4) is 12.0 Å². The standard InChI is InChI=1S/C26H22Cl2N6O8/c27-19-5-1-17(2-6-19)25(37-9-10-38-25)13-33-15-29-23(31-33)41-21(35)22(36)42-24-30-16-34(32-24)14-26(39-11-12-40-26)18-3-7-20(28)8-4-18/h1-8,15-16H,9-14H2. The zero-order chi connectivity index (χ0) is 29.2. The summed E-state index contributed by atoms with van der Waals surface area (Å²) in [5.41, 5.74) is 1.44. The predicted molar refractivity (Wildman–Crippen MR) is 141 cm³/mol. The molecule has 4 heterocycles. The highest BCUT2D eigenvalue weighted by atomic mass is 35.5. The Morgan fingerprint density at radius 3 is 1.38 bits per heavy atom. The lowest BCUT2D eigenvalue weighted by atomic mass is 10.1. The number of halogens is 2. The zero-order valence-corrected chi connectivity index (χ0v) is 23.2. The van der Waals surface area contributed by atoms with Gasteiger partial charge in [-0.1, -0.05) is 47.5 Å². The van der Waals surface area contributed by atoms with E-state index in [0.717, 1.165) is 11.1 Å². The number of rotatable bonds is 8. The SMILES string of the molecule is O=C(Oc1ncn(CC2(c3ccc(Cl)cc3)OCCO2)n1)C(=O)Oc1ncn(CC2(c3ccc(Cl)cc3)OCCO2)n1. The van der Waals surface area contributed by atoms with Gasteiger partial charge in [-0.3, -0.25) is 0 Å². The monoisotopic (exact) mass is 616 g/mol. The second kappa shape index (κ2) is 11.8. The van der Waals surface area contributed by atoms with Crippen LogP contribution in [0, 0.1) is 0 Å².